The molecule has 4 aliphatic rings. The smallest absolute Gasteiger partial charge is 0.286 e. The number of carbonyl (C=O) groups excluding carboxylic acids is 2. The van der Waals surface area contributed by atoms with Crippen LogP contribution in [0.15, 0.2) is 59.1 Å². The number of allylic oxidation sites excluding steroid dienone is 1. The van der Waals surface area contributed by atoms with Crippen LogP contribution in [0.1, 0.15) is 64.4 Å². The van der Waals surface area contributed by atoms with Crippen LogP contribution in [-0.2, 0) is 38.3 Å². The molecule has 3 heterocycles. The lowest BCUT2D eigenvalue weighted by molar-refractivity contribution is -0.0827. The number of anilines is 1. The van der Waals surface area contributed by atoms with Crippen LogP contribution < -0.4 is 19.1 Å². The van der Waals surface area contributed by atoms with Crippen LogP contribution in [0.3, 0.4) is 0 Å². The number of carbonyl (C=O) groups is 2. The minimum absolute atomic E-state index is 0.0654. The van der Waals surface area contributed by atoms with Crippen molar-refractivity contribution >= 4 is 39.0 Å². The molecule has 7 atom stereocenters. The zero-order valence-corrected chi connectivity index (χ0v) is 32.5. The van der Waals surface area contributed by atoms with E-state index in [1.54, 1.807) is 33.4 Å². The second-order valence-electron chi connectivity index (χ2n) is 14.9. The first kappa shape index (κ1) is 37.4. The summed E-state index contributed by atoms with van der Waals surface area (Å²) in [6, 6.07) is 11.4. The first-order chi connectivity index (χ1) is 25.4. The van der Waals surface area contributed by atoms with Gasteiger partial charge < -0.3 is 23.8 Å². The molecule has 2 bridgehead atoms. The molecule has 2 unspecified atom stereocenters. The summed E-state index contributed by atoms with van der Waals surface area (Å²) in [4.78, 5) is 30.0. The Morgan fingerprint density at radius 3 is 2.68 bits per heavy atom. The molecule has 7 rings (SSSR count). The van der Waals surface area contributed by atoms with Crippen LogP contribution in [0.2, 0.25) is 5.02 Å². The van der Waals surface area contributed by atoms with E-state index in [0.29, 0.717) is 24.8 Å². The van der Waals surface area contributed by atoms with E-state index in [0.717, 1.165) is 49.4 Å². The summed E-state index contributed by atoms with van der Waals surface area (Å²) in [5.74, 6) is -0.655. The molecule has 284 valence electrons. The Hall–Kier alpha value is -3.91. The van der Waals surface area contributed by atoms with Gasteiger partial charge in [0.15, 0.2) is 0 Å². The van der Waals surface area contributed by atoms with Gasteiger partial charge in [0, 0.05) is 56.6 Å². The van der Waals surface area contributed by atoms with Crippen molar-refractivity contribution in [1.29, 1.82) is 0 Å². The summed E-state index contributed by atoms with van der Waals surface area (Å²) >= 11 is 6.47. The minimum atomic E-state index is -3.68. The fourth-order valence-corrected chi connectivity index (χ4v) is 10.6. The van der Waals surface area contributed by atoms with E-state index in [4.69, 9.17) is 30.5 Å². The zero-order chi connectivity index (χ0) is 37.5. The van der Waals surface area contributed by atoms with Crippen molar-refractivity contribution in [1.82, 2.24) is 14.5 Å². The van der Waals surface area contributed by atoms with E-state index in [2.05, 4.69) is 31.2 Å². The molecular formula is C39H48ClN5O7S. The Bertz CT molecular complexity index is 2040. The number of methoxy groups -OCH3 is 3. The van der Waals surface area contributed by atoms with Crippen molar-refractivity contribution < 1.29 is 32.7 Å². The van der Waals surface area contributed by atoms with Crippen molar-refractivity contribution in [2.24, 2.45) is 29.2 Å². The van der Waals surface area contributed by atoms with Gasteiger partial charge in [0.1, 0.15) is 27.3 Å². The van der Waals surface area contributed by atoms with Gasteiger partial charge in [-0.1, -0.05) is 36.7 Å². The maximum atomic E-state index is 14.7. The molecule has 2 aromatic carbocycles. The van der Waals surface area contributed by atoms with E-state index < -0.39 is 21.7 Å². The fraction of sp³-hybridized carbons (Fsp3) is 0.513. The normalized spacial score (nSPS) is 30.5. The third-order valence-corrected chi connectivity index (χ3v) is 13.5. The van der Waals surface area contributed by atoms with Gasteiger partial charge in [-0.15, -0.1) is 9.46 Å². The summed E-state index contributed by atoms with van der Waals surface area (Å²) in [6.07, 6.45) is 9.64. The largest absolute Gasteiger partial charge is 0.490 e. The molecule has 2 amide bonds. The summed E-state index contributed by atoms with van der Waals surface area (Å²) in [6.45, 7) is 3.73. The number of halogens is 1. The average molecular weight is 766 g/mol. The lowest BCUT2D eigenvalue weighted by Gasteiger charge is -2.47. The maximum absolute atomic E-state index is 14.7. The molecule has 14 heteroatoms. The average Bonchev–Trinajstić information content (AvgIpc) is 3.44. The predicted octanol–water partition coefficient (Wildman–Crippen LogP) is 5.77. The number of fused-ring (bicyclic) bond motifs is 4. The van der Waals surface area contributed by atoms with Crippen LogP contribution in [0.4, 0.5) is 5.69 Å². The molecule has 2 aliphatic heterocycles. The van der Waals surface area contributed by atoms with Crippen LogP contribution >= 0.6 is 11.6 Å². The molecule has 2 aliphatic carbocycles. The molecule has 53 heavy (non-hydrogen) atoms. The van der Waals surface area contributed by atoms with E-state index in [-0.39, 0.29) is 52.2 Å². The van der Waals surface area contributed by atoms with Gasteiger partial charge in [0.05, 0.1) is 31.3 Å². The maximum Gasteiger partial charge on any atom is 0.286 e. The number of aromatic nitrogens is 2. The third-order valence-electron chi connectivity index (χ3n) is 11.3. The second-order valence-corrected chi connectivity index (χ2v) is 17.3. The van der Waals surface area contributed by atoms with Gasteiger partial charge in [-0.3, -0.25) is 19.0 Å². The van der Waals surface area contributed by atoms with E-state index >= 15 is 0 Å². The lowest BCUT2D eigenvalue weighted by Crippen LogP contribution is -2.51. The lowest BCUT2D eigenvalue weighted by atomic mass is 9.67. The molecule has 3 aromatic rings. The first-order valence-electron chi connectivity index (χ1n) is 18.2. The molecule has 12 nitrogen and oxygen atoms in total. The highest BCUT2D eigenvalue weighted by Gasteiger charge is 2.45. The van der Waals surface area contributed by atoms with E-state index in [1.165, 1.54) is 29.1 Å². The van der Waals surface area contributed by atoms with E-state index in [9.17, 15) is 13.8 Å². The van der Waals surface area contributed by atoms with Gasteiger partial charge in [0.2, 0.25) is 5.88 Å². The van der Waals surface area contributed by atoms with Crippen molar-refractivity contribution in [3.63, 3.8) is 0 Å². The first-order valence-corrected chi connectivity index (χ1v) is 20.2. The number of rotatable bonds is 5. The van der Waals surface area contributed by atoms with Gasteiger partial charge >= 0.3 is 0 Å². The molecule has 1 fully saturated rings. The summed E-state index contributed by atoms with van der Waals surface area (Å²) in [5.41, 5.74) is 3.30. The summed E-state index contributed by atoms with van der Waals surface area (Å²) in [7, 11) is 2.75. The molecular weight excluding hydrogens is 718 g/mol. The SMILES string of the molecule is COc1nn(C)cc1C(=O)NS1(=O)=NC(=O)c2ccc3c(c2)N(C[C@@H]2CC[C@H]2[C@@H](OC)C(OC)/C=C\[C@H](C)C1)C[C@@]1(CCCc2cc(Cl)ccc21)CO3. The molecule has 1 saturated carbocycles. The van der Waals surface area contributed by atoms with Gasteiger partial charge in [-0.2, -0.15) is 0 Å². The van der Waals surface area contributed by atoms with Crippen LogP contribution in [0, 0.1) is 17.8 Å². The minimum Gasteiger partial charge on any atom is -0.490 e. The molecule has 0 radical (unpaired) electrons. The van der Waals surface area contributed by atoms with Crippen LogP contribution in [0.25, 0.3) is 0 Å². The molecule has 0 saturated heterocycles. The highest BCUT2D eigenvalue weighted by atomic mass is 35.5. The number of hydrogen-bond donors (Lipinski definition) is 1. The Morgan fingerprint density at radius 2 is 1.94 bits per heavy atom. The highest BCUT2D eigenvalue weighted by Crippen LogP contribution is 2.47. The number of benzene rings is 2. The Labute approximate surface area is 316 Å². The fourth-order valence-electron chi connectivity index (χ4n) is 8.63. The Kier molecular flexibility index (Phi) is 10.6. The standard InChI is InChI=1S/C39H48ClN5O7S/c1-24-8-14-34(49-3)35(50-4)29-12-9-27(29)19-45-22-39(16-6-7-25-17-28(40)11-13-31(25)39)23-52-33-15-10-26(18-32(33)45)36(46)42-53(48,21-24)43-37(47)30-20-44(2)41-38(30)51-5/h8,10-11,13-15,17-18,20,24,27,29,34-35H,6-7,9,12,16,19,21-23H2,1-5H3,(H,42,43,46,47,48)/b14-8-/t24-,27-,29+,34?,35+,39-,53?/m0/s1. The van der Waals surface area contributed by atoms with Crippen molar-refractivity contribution in [3.8, 4) is 11.6 Å². The van der Waals surface area contributed by atoms with E-state index in [1.807, 2.05) is 31.2 Å². The zero-order valence-electron chi connectivity index (χ0n) is 30.9. The number of nitrogens with one attached hydrogen (secondary N) is 1. The second kappa shape index (κ2) is 15.1. The van der Waals surface area contributed by atoms with Crippen molar-refractivity contribution in [3.05, 3.63) is 82.0 Å². The summed E-state index contributed by atoms with van der Waals surface area (Å²) < 4.78 is 47.0. The van der Waals surface area contributed by atoms with Gasteiger partial charge in [-0.25, -0.2) is 4.21 Å². The topological polar surface area (TPSA) is 134 Å². The highest BCUT2D eigenvalue weighted by molar-refractivity contribution is 7.92. The van der Waals surface area contributed by atoms with Crippen LogP contribution in [0.5, 0.6) is 11.6 Å². The molecule has 1 N–H and O–H groups in total. The molecule has 1 aromatic heterocycles. The quantitative estimate of drug-likeness (QED) is 0.322. The summed E-state index contributed by atoms with van der Waals surface area (Å²) in [5, 5.41) is 4.87. The number of hydrogen-bond acceptors (Lipinski definition) is 9. The van der Waals surface area contributed by atoms with Crippen molar-refractivity contribution in [2.75, 3.05) is 51.7 Å². The van der Waals surface area contributed by atoms with Crippen LogP contribution in [-0.4, -0.2) is 84.8 Å². The Balaban J connectivity index is 1.33. The number of amides is 2. The molecule has 1 spiro atoms. The van der Waals surface area contributed by atoms with Crippen molar-refractivity contribution in [2.45, 2.75) is 56.7 Å². The number of ether oxygens (including phenoxy) is 4. The third kappa shape index (κ3) is 7.45. The van der Waals surface area contributed by atoms with Gasteiger partial charge in [0.25, 0.3) is 11.8 Å². The predicted molar refractivity (Wildman–Crippen MR) is 203 cm³/mol. The number of aryl methyl sites for hydroxylation is 2. The Morgan fingerprint density at radius 1 is 1.11 bits per heavy atom. The van der Waals surface area contributed by atoms with Gasteiger partial charge in [-0.05, 0) is 91.3 Å². The number of nitrogens with zero attached hydrogens (tertiary/aromatic N) is 4. The monoisotopic (exact) mass is 765 g/mol.